The highest BCUT2D eigenvalue weighted by Crippen LogP contribution is 2.85. The fourth-order valence-electron chi connectivity index (χ4n) is 9.53. The van der Waals surface area contributed by atoms with Gasteiger partial charge in [-0.1, -0.05) is 53.0 Å². The van der Waals surface area contributed by atoms with Gasteiger partial charge >= 0.3 is 33.0 Å². The Kier molecular flexibility index (Phi) is 43.1. The fourth-order valence-corrected chi connectivity index (χ4v) is 49.6. The van der Waals surface area contributed by atoms with Crippen molar-refractivity contribution in [3.05, 3.63) is 59.7 Å². The van der Waals surface area contributed by atoms with Gasteiger partial charge in [-0.15, -0.1) is 11.6 Å². The summed E-state index contributed by atoms with van der Waals surface area (Å²) < 4.78 is 113. The standard InChI is InChI=1S/C28H69N11O3P5Si.C18H54N11P5.C10H15ClO3Si.ClH/c1-33(2)44(20,34(3)4)30-46(29-43(17,18)19,31-45(21,35(5)6)36(7)8)32-47(37(9)10,38(11)12)39(13)26-27-22-24-28(25-23-27)48(40-14,41-15)42-16;1-19-34(28(10)11,29(12)13)23-33(20-30(14,15)16,21-31(17,24(2)3)25(4)5)22-32(18,26(6)7)27(8)9;1-12-15(13-2,14-3)10-6-4-9(8-11)5-7-10;/h22-25H,26H2,1-21H3;1-18H3;4-7H,8H2,1-3H3;1H/q+1;;;/p-1. The minimum Gasteiger partial charge on any atom is -1.00 e. The molecule has 0 heterocycles. The van der Waals surface area contributed by atoms with Crippen LogP contribution in [0.4, 0.5) is 0 Å². The maximum Gasteiger partial charge on any atom is 0.536 e. The topological polar surface area (TPSA) is 209 Å². The Morgan fingerprint density at radius 1 is 0.357 bits per heavy atom. The molecule has 0 saturated heterocycles. The summed E-state index contributed by atoms with van der Waals surface area (Å²) >= 11 is 5.71. The normalized spacial score (nSPS) is 13.9. The largest absolute Gasteiger partial charge is 1.00 e. The van der Waals surface area contributed by atoms with Crippen molar-refractivity contribution < 1.29 is 39.0 Å². The highest BCUT2D eigenvalue weighted by molar-refractivity contribution is 7.89. The molecule has 0 unspecified atom stereocenters. The lowest BCUT2D eigenvalue weighted by Gasteiger charge is -2.42. The second-order valence-corrected chi connectivity index (χ2v) is 68.8. The van der Waals surface area contributed by atoms with Crippen LogP contribution < -0.4 is 22.8 Å². The van der Waals surface area contributed by atoms with Crippen LogP contribution in [-0.4, -0.2) is 371 Å². The molecule has 2 rings (SSSR count). The summed E-state index contributed by atoms with van der Waals surface area (Å²) in [6.07, 6.45) is 0. The molecule has 0 bridgehead atoms. The summed E-state index contributed by atoms with van der Waals surface area (Å²) in [5.41, 5.74) is 2.19. The molecule has 0 aliphatic heterocycles. The zero-order valence-corrected chi connectivity index (χ0v) is 81.0. The average molecular weight is 1650 g/mol. The van der Waals surface area contributed by atoms with Crippen LogP contribution in [0.2, 0.25) is 0 Å². The number of hydrogen-bond acceptors (Lipinski definition) is 11. The first-order chi connectivity index (χ1) is 44.0. The Morgan fingerprint density at radius 2 is 0.643 bits per heavy atom. The molecule has 0 radical (unpaired) electrons. The Balaban J connectivity index is 0. The molecule has 0 spiro atoms. The van der Waals surface area contributed by atoms with Crippen molar-refractivity contribution >= 4 is 114 Å². The van der Waals surface area contributed by atoms with E-state index in [4.69, 9.17) is 79.0 Å². The molecule has 0 amide bonds. The lowest BCUT2D eigenvalue weighted by atomic mass is 10.2. The quantitative estimate of drug-likeness (QED) is 0.0379. The van der Waals surface area contributed by atoms with Gasteiger partial charge in [-0.25, -0.2) is 27.9 Å². The number of hydrogen-bond donors (Lipinski definition) is 0. The van der Waals surface area contributed by atoms with E-state index in [0.29, 0.717) is 12.4 Å². The van der Waals surface area contributed by atoms with E-state index < -0.39 is 91.5 Å². The molecule has 98 heavy (non-hydrogen) atoms. The van der Waals surface area contributed by atoms with Crippen molar-refractivity contribution in [1.29, 1.82) is 0 Å². The SMILES string of the molecule is CN=P(N=P(N=P(C)(C)C)(N=P(C)(N(C)C)N(C)C)N=P(C)(N(C)C)N(C)C)(N(C)C)N(C)C.CO[Si](OC)(OC)c1ccc(CCl)cc1.CO[Si](OC)(OC)c1ccc(CN(C)P(=N[P+](N=P(C)(C)C)(N=P(C)(N(C)C)N(C)C)N=P(C)(N(C)C)N(C)C)(N(C)C)N(C)C)cc1.[Cl-]. The number of alkyl halides is 1. The highest BCUT2D eigenvalue weighted by atomic mass is 35.5. The van der Waals surface area contributed by atoms with Gasteiger partial charge in [-0.3, -0.25) is 42.1 Å². The first-order valence-corrected chi connectivity index (χ1v) is 56.1. The third-order valence-electron chi connectivity index (χ3n) is 16.1. The van der Waals surface area contributed by atoms with Gasteiger partial charge in [0.15, 0.2) is 0 Å². The third-order valence-corrected chi connectivity index (χ3v) is 59.1. The average Bonchev–Trinajstić information content (AvgIpc) is 0.749. The van der Waals surface area contributed by atoms with Gasteiger partial charge in [0, 0.05) is 92.9 Å². The summed E-state index contributed by atoms with van der Waals surface area (Å²) in [6.45, 7) is 23.0. The number of halogens is 2. The van der Waals surface area contributed by atoms with E-state index in [2.05, 4.69) is 287 Å². The summed E-state index contributed by atoms with van der Waals surface area (Å²) in [5, 5.41) is 1.85. The fraction of sp³-hybridized carbons (Fsp3) is 0.786. The van der Waals surface area contributed by atoms with Gasteiger partial charge in [0.25, 0.3) is 0 Å². The van der Waals surface area contributed by atoms with Crippen molar-refractivity contribution in [2.75, 3.05) is 293 Å². The predicted molar refractivity (Wildman–Crippen MR) is 447 cm³/mol. The summed E-state index contributed by atoms with van der Waals surface area (Å²) in [6, 6.07) is 16.1. The number of benzene rings is 2. The molecule has 0 N–H and O–H groups in total. The van der Waals surface area contributed by atoms with Crippen LogP contribution in [0, 0.1) is 0 Å². The molecular weight excluding hydrogens is 1510 g/mol. The van der Waals surface area contributed by atoms with E-state index in [1.807, 2.05) is 71.6 Å². The summed E-state index contributed by atoms with van der Waals surface area (Å²) in [7, 11) is 34.8. The van der Waals surface area contributed by atoms with Gasteiger partial charge < -0.3 is 39.0 Å². The number of nitrogens with zero attached hydrogens (tertiary/aromatic N) is 22. The minimum absolute atomic E-state index is 0. The van der Waals surface area contributed by atoms with E-state index in [1.54, 1.807) is 42.7 Å². The van der Waals surface area contributed by atoms with Gasteiger partial charge in [-0.2, -0.15) is 13.5 Å². The zero-order chi connectivity index (χ0) is 76.5. The summed E-state index contributed by atoms with van der Waals surface area (Å²) in [5.74, 6) is 0.502. The van der Waals surface area contributed by atoms with Gasteiger partial charge in [0.05, 0.1) is 0 Å². The van der Waals surface area contributed by atoms with Crippen molar-refractivity contribution in [2.24, 2.45) is 40.9 Å². The molecule has 0 atom stereocenters. The molecule has 0 aliphatic carbocycles. The molecule has 0 fully saturated rings. The third kappa shape index (κ3) is 25.9. The van der Waals surface area contributed by atoms with Crippen LogP contribution in [0.3, 0.4) is 0 Å². The van der Waals surface area contributed by atoms with E-state index in [1.165, 1.54) is 0 Å². The van der Waals surface area contributed by atoms with Crippen LogP contribution >= 0.6 is 85.5 Å². The Bertz CT molecular complexity index is 3160. The van der Waals surface area contributed by atoms with Crippen LogP contribution in [0.25, 0.3) is 0 Å². The number of rotatable bonds is 32. The Morgan fingerprint density at radius 3 is 0.857 bits per heavy atom. The van der Waals surface area contributed by atoms with Gasteiger partial charge in [-0.05, 0) is 261 Å². The molecule has 2 aromatic carbocycles. The van der Waals surface area contributed by atoms with E-state index in [0.717, 1.165) is 21.5 Å². The van der Waals surface area contributed by atoms with Gasteiger partial charge in [0.2, 0.25) is 15.0 Å². The molecule has 0 aromatic heterocycles. The monoisotopic (exact) mass is 1650 g/mol. The van der Waals surface area contributed by atoms with E-state index >= 15 is 0 Å². The first-order valence-electron chi connectivity index (χ1n) is 31.2. The van der Waals surface area contributed by atoms with Crippen molar-refractivity contribution in [3.63, 3.8) is 0 Å². The van der Waals surface area contributed by atoms with Crippen LogP contribution in [-0.2, 0) is 39.0 Å². The van der Waals surface area contributed by atoms with E-state index in [-0.39, 0.29) is 12.4 Å². The van der Waals surface area contributed by atoms with Crippen molar-refractivity contribution in [1.82, 2.24) is 60.7 Å². The molecule has 0 aliphatic rings. The highest BCUT2D eigenvalue weighted by Gasteiger charge is 2.53. The minimum atomic E-state index is -3.14. The second-order valence-electron chi connectivity index (χ2n) is 27.3. The Hall–Kier alpha value is 1.19. The van der Waals surface area contributed by atoms with Crippen LogP contribution in [0.5, 0.6) is 0 Å². The maximum atomic E-state index is 6.04. The molecule has 2 aromatic rings. The lowest BCUT2D eigenvalue weighted by Crippen LogP contribution is -3.00. The smallest absolute Gasteiger partial charge is 0.536 e. The molecule has 42 heteroatoms. The predicted octanol–water partition coefficient (Wildman–Crippen LogP) is 11.4. The zero-order valence-electron chi connectivity index (χ0n) is 68.5. The van der Waals surface area contributed by atoms with Crippen molar-refractivity contribution in [2.45, 2.75) is 12.4 Å². The van der Waals surface area contributed by atoms with Crippen LogP contribution in [0.1, 0.15) is 11.1 Å². The molecule has 0 saturated carbocycles. The molecular formula is C56H138Cl2N22O6P10Si2. The summed E-state index contributed by atoms with van der Waals surface area (Å²) in [4.78, 5) is 0. The Labute approximate surface area is 614 Å². The van der Waals surface area contributed by atoms with Crippen LogP contribution in [0.15, 0.2) is 89.4 Å². The van der Waals surface area contributed by atoms with Gasteiger partial charge in [0.1, 0.15) is 29.4 Å². The maximum absolute atomic E-state index is 6.04. The molecule has 28 nitrogen and oxygen atoms in total. The van der Waals surface area contributed by atoms with E-state index in [9.17, 15) is 0 Å². The molecule has 580 valence electrons. The lowest BCUT2D eigenvalue weighted by molar-refractivity contribution is -0.0000303. The van der Waals surface area contributed by atoms with Crippen molar-refractivity contribution in [3.8, 4) is 0 Å². The second kappa shape index (κ2) is 41.7. The first kappa shape index (κ1) is 101.